The Morgan fingerprint density at radius 2 is 1.81 bits per heavy atom. The first kappa shape index (κ1) is 18.5. The summed E-state index contributed by atoms with van der Waals surface area (Å²) < 4.78 is 19.6. The van der Waals surface area contributed by atoms with Gasteiger partial charge in [-0.1, -0.05) is 11.3 Å². The zero-order valence-corrected chi connectivity index (χ0v) is 14.9. The van der Waals surface area contributed by atoms with Gasteiger partial charge in [-0.25, -0.2) is 9.18 Å². The summed E-state index contributed by atoms with van der Waals surface area (Å²) in [7, 11) is 0. The van der Waals surface area contributed by atoms with E-state index in [-0.39, 0.29) is 22.9 Å². The molecule has 0 spiro atoms. The molecule has 0 saturated carbocycles. The summed E-state index contributed by atoms with van der Waals surface area (Å²) in [6.07, 6.45) is 0. The fraction of sp³-hybridized carbons (Fsp3) is 0.111. The van der Waals surface area contributed by atoms with E-state index in [9.17, 15) is 24.1 Å². The fourth-order valence-corrected chi connectivity index (χ4v) is 3.41. The van der Waals surface area contributed by atoms with Crippen LogP contribution in [0, 0.1) is 22.9 Å². The molecular formula is C18H13FN2O5S. The van der Waals surface area contributed by atoms with Crippen LogP contribution in [-0.2, 0) is 11.3 Å². The van der Waals surface area contributed by atoms with E-state index < -0.39 is 16.7 Å². The molecule has 1 aromatic heterocycles. The lowest BCUT2D eigenvalue weighted by Gasteiger charge is -2.09. The molecule has 0 aliphatic heterocycles. The predicted molar refractivity (Wildman–Crippen MR) is 97.4 cm³/mol. The van der Waals surface area contributed by atoms with Gasteiger partial charge >= 0.3 is 10.8 Å². The van der Waals surface area contributed by atoms with Crippen molar-refractivity contribution < 1.29 is 18.8 Å². The summed E-state index contributed by atoms with van der Waals surface area (Å²) >= 11 is 0.979. The maximum Gasteiger partial charge on any atom is 0.331 e. The van der Waals surface area contributed by atoms with E-state index in [4.69, 9.17) is 4.74 Å². The number of hydrogen-bond donors (Lipinski definition) is 0. The number of non-ortho nitro benzene ring substituents is 1. The third kappa shape index (κ3) is 4.09. The molecule has 0 unspecified atom stereocenters. The number of esters is 1. The highest BCUT2D eigenvalue weighted by atomic mass is 32.1. The second-order valence-electron chi connectivity index (χ2n) is 5.59. The lowest BCUT2D eigenvalue weighted by atomic mass is 10.1. The summed E-state index contributed by atoms with van der Waals surface area (Å²) in [5.41, 5.74) is 0.999. The average molecular weight is 388 g/mol. The molecular weight excluding hydrogens is 375 g/mol. The van der Waals surface area contributed by atoms with Crippen molar-refractivity contribution in [1.82, 2.24) is 4.57 Å². The molecule has 2 aromatic carbocycles. The number of carbonyl (C=O) groups is 1. The highest BCUT2D eigenvalue weighted by molar-refractivity contribution is 7.09. The molecule has 1 heterocycles. The minimum absolute atomic E-state index is 0.127. The smallest absolute Gasteiger partial charge is 0.331 e. The number of nitrogens with zero attached hydrogens (tertiary/aromatic N) is 2. The number of hydrogen-bond acceptors (Lipinski definition) is 6. The largest absolute Gasteiger partial charge is 0.425 e. The first-order chi connectivity index (χ1) is 12.8. The van der Waals surface area contributed by atoms with Crippen molar-refractivity contribution in [2.24, 2.45) is 0 Å². The van der Waals surface area contributed by atoms with Crippen molar-refractivity contribution in [2.75, 3.05) is 0 Å². The topological polar surface area (TPSA) is 91.4 Å². The van der Waals surface area contributed by atoms with Gasteiger partial charge in [0.1, 0.15) is 18.1 Å². The number of aryl methyl sites for hydroxylation is 1. The molecule has 0 radical (unpaired) electrons. The number of nitro groups is 1. The molecule has 27 heavy (non-hydrogen) atoms. The van der Waals surface area contributed by atoms with Crippen LogP contribution in [0.5, 0.6) is 5.75 Å². The van der Waals surface area contributed by atoms with Crippen LogP contribution in [-0.4, -0.2) is 15.5 Å². The van der Waals surface area contributed by atoms with Gasteiger partial charge in [-0.3, -0.25) is 19.5 Å². The van der Waals surface area contributed by atoms with Crippen molar-refractivity contribution in [3.8, 4) is 17.0 Å². The van der Waals surface area contributed by atoms with Crippen LogP contribution < -0.4 is 9.61 Å². The number of thiazole rings is 1. The molecule has 138 valence electrons. The van der Waals surface area contributed by atoms with Crippen LogP contribution in [0.2, 0.25) is 0 Å². The highest BCUT2D eigenvalue weighted by Crippen LogP contribution is 2.25. The van der Waals surface area contributed by atoms with Crippen LogP contribution in [0.15, 0.2) is 53.3 Å². The monoisotopic (exact) mass is 388 g/mol. The number of benzene rings is 2. The van der Waals surface area contributed by atoms with E-state index >= 15 is 0 Å². The third-order valence-corrected chi connectivity index (χ3v) is 4.64. The second-order valence-corrected chi connectivity index (χ2v) is 6.76. The quantitative estimate of drug-likeness (QED) is 0.289. The van der Waals surface area contributed by atoms with Crippen molar-refractivity contribution in [1.29, 1.82) is 0 Å². The number of halogens is 1. The Morgan fingerprint density at radius 1 is 1.19 bits per heavy atom. The van der Waals surface area contributed by atoms with Gasteiger partial charge in [-0.15, -0.1) is 0 Å². The first-order valence-corrected chi connectivity index (χ1v) is 8.58. The van der Waals surface area contributed by atoms with Gasteiger partial charge in [0.15, 0.2) is 0 Å². The maximum atomic E-state index is 13.2. The number of aromatic nitrogens is 1. The molecule has 0 aliphatic rings. The van der Waals surface area contributed by atoms with E-state index in [1.807, 2.05) is 0 Å². The minimum atomic E-state index is -0.702. The van der Waals surface area contributed by atoms with Gasteiger partial charge in [0.2, 0.25) is 0 Å². The summed E-state index contributed by atoms with van der Waals surface area (Å²) in [5, 5.41) is 10.6. The van der Waals surface area contributed by atoms with Gasteiger partial charge in [0, 0.05) is 17.0 Å². The Morgan fingerprint density at radius 3 is 2.41 bits per heavy atom. The zero-order chi connectivity index (χ0) is 19.6. The van der Waals surface area contributed by atoms with Crippen LogP contribution in [0.3, 0.4) is 0 Å². The molecule has 3 aromatic rings. The van der Waals surface area contributed by atoms with Crippen molar-refractivity contribution in [3.63, 3.8) is 0 Å². The molecule has 0 saturated heterocycles. The van der Waals surface area contributed by atoms with E-state index in [0.717, 1.165) is 11.3 Å². The third-order valence-electron chi connectivity index (χ3n) is 3.75. The number of rotatable bonds is 5. The Bertz CT molecular complexity index is 1050. The van der Waals surface area contributed by atoms with Gasteiger partial charge in [0.25, 0.3) is 5.69 Å². The highest BCUT2D eigenvalue weighted by Gasteiger charge is 2.18. The van der Waals surface area contributed by atoms with E-state index in [1.165, 1.54) is 53.1 Å². The first-order valence-electron chi connectivity index (χ1n) is 7.76. The van der Waals surface area contributed by atoms with Gasteiger partial charge in [-0.05, 0) is 48.9 Å². The second kappa shape index (κ2) is 7.50. The molecule has 0 bridgehead atoms. The maximum absolute atomic E-state index is 13.2. The fourth-order valence-electron chi connectivity index (χ4n) is 2.55. The SMILES string of the molecule is Cc1sc(=O)n(CC(=O)Oc2ccc([N+](=O)[O-])cc2)c1-c1ccc(F)cc1. The Hall–Kier alpha value is -3.33. The molecule has 9 heteroatoms. The summed E-state index contributed by atoms with van der Waals surface area (Å²) in [4.78, 5) is 34.9. The standard InChI is InChI=1S/C18H13FN2O5S/c1-11-17(12-2-4-13(19)5-3-12)20(18(23)27-11)10-16(22)26-15-8-6-14(7-9-15)21(24)25/h2-9H,10H2,1H3. The van der Waals surface area contributed by atoms with Gasteiger partial charge in [0.05, 0.1) is 10.6 Å². The lowest BCUT2D eigenvalue weighted by Crippen LogP contribution is -2.23. The molecule has 0 atom stereocenters. The van der Waals surface area contributed by atoms with Crippen molar-refractivity contribution in [2.45, 2.75) is 13.5 Å². The Labute approximate surface area is 156 Å². The summed E-state index contributed by atoms with van der Waals surface area (Å²) in [6.45, 7) is 1.40. The van der Waals surface area contributed by atoms with Crippen molar-refractivity contribution >= 4 is 23.0 Å². The Balaban J connectivity index is 1.83. The predicted octanol–water partition coefficient (Wildman–Crippen LogP) is 3.54. The molecule has 0 fully saturated rings. The molecule has 0 aliphatic carbocycles. The van der Waals surface area contributed by atoms with Crippen molar-refractivity contribution in [3.05, 3.63) is 79.0 Å². The molecule has 0 amide bonds. The minimum Gasteiger partial charge on any atom is -0.425 e. The number of nitro benzene ring substituents is 1. The van der Waals surface area contributed by atoms with E-state index in [1.54, 1.807) is 6.92 Å². The molecule has 3 rings (SSSR count). The van der Waals surface area contributed by atoms with Crippen LogP contribution in [0.1, 0.15) is 4.88 Å². The van der Waals surface area contributed by atoms with E-state index in [2.05, 4.69) is 0 Å². The Kier molecular flexibility index (Phi) is 5.13. The normalized spacial score (nSPS) is 10.6. The van der Waals surface area contributed by atoms with Gasteiger partial charge < -0.3 is 4.74 Å². The van der Waals surface area contributed by atoms with E-state index in [0.29, 0.717) is 16.1 Å². The van der Waals surface area contributed by atoms with Gasteiger partial charge in [-0.2, -0.15) is 0 Å². The summed E-state index contributed by atoms with van der Waals surface area (Å²) in [5.74, 6) is -0.973. The van der Waals surface area contributed by atoms with Crippen LogP contribution >= 0.6 is 11.3 Å². The lowest BCUT2D eigenvalue weighted by molar-refractivity contribution is -0.384. The molecule has 0 N–H and O–H groups in total. The molecule has 7 nitrogen and oxygen atoms in total. The number of carbonyl (C=O) groups excluding carboxylic acids is 1. The van der Waals surface area contributed by atoms with Crippen LogP contribution in [0.4, 0.5) is 10.1 Å². The average Bonchev–Trinajstić information content (AvgIpc) is 2.89. The van der Waals surface area contributed by atoms with Crippen LogP contribution in [0.25, 0.3) is 11.3 Å². The summed E-state index contributed by atoms with van der Waals surface area (Å²) in [6, 6.07) is 10.6. The zero-order valence-electron chi connectivity index (χ0n) is 14.0. The number of ether oxygens (including phenoxy) is 1.